The maximum atomic E-state index is 10.1. The number of rotatable bonds is 5. The summed E-state index contributed by atoms with van der Waals surface area (Å²) in [5, 5.41) is 10.1. The van der Waals surface area contributed by atoms with Gasteiger partial charge in [-0.2, -0.15) is 0 Å². The molecule has 1 aliphatic rings. The first kappa shape index (κ1) is 11.6. The van der Waals surface area contributed by atoms with Crippen molar-refractivity contribution < 1.29 is 9.84 Å². The molecule has 3 atom stereocenters. The Morgan fingerprint density at radius 2 is 2.00 bits per heavy atom. The maximum absolute atomic E-state index is 10.1. The third-order valence-corrected chi connectivity index (χ3v) is 3.19. The Hall–Kier alpha value is -0.860. The molecule has 2 unspecified atom stereocenters. The Balaban J connectivity index is 1.89. The monoisotopic (exact) mass is 220 g/mol. The van der Waals surface area contributed by atoms with Gasteiger partial charge >= 0.3 is 0 Å². The van der Waals surface area contributed by atoms with E-state index in [-0.39, 0.29) is 12.2 Å². The van der Waals surface area contributed by atoms with Gasteiger partial charge in [-0.05, 0) is 18.9 Å². The lowest BCUT2D eigenvalue weighted by molar-refractivity contribution is 0.137. The van der Waals surface area contributed by atoms with E-state index in [4.69, 9.17) is 4.74 Å². The van der Waals surface area contributed by atoms with Gasteiger partial charge < -0.3 is 9.84 Å². The summed E-state index contributed by atoms with van der Waals surface area (Å²) < 4.78 is 5.52. The number of benzene rings is 1. The van der Waals surface area contributed by atoms with Gasteiger partial charge in [0.05, 0.1) is 6.10 Å². The molecule has 0 radical (unpaired) electrons. The lowest BCUT2D eigenvalue weighted by Crippen LogP contribution is -2.08. The largest absolute Gasteiger partial charge is 0.386 e. The van der Waals surface area contributed by atoms with Crippen LogP contribution < -0.4 is 0 Å². The molecule has 0 aromatic heterocycles. The molecule has 0 aliphatic carbocycles. The van der Waals surface area contributed by atoms with Gasteiger partial charge in [-0.3, -0.25) is 0 Å². The van der Waals surface area contributed by atoms with Gasteiger partial charge in [0.1, 0.15) is 12.2 Å². The molecule has 1 aromatic rings. The highest BCUT2D eigenvalue weighted by atomic mass is 16.6. The molecule has 0 bridgehead atoms. The van der Waals surface area contributed by atoms with Gasteiger partial charge in [0.15, 0.2) is 0 Å². The molecule has 88 valence electrons. The Kier molecular flexibility index (Phi) is 3.62. The topological polar surface area (TPSA) is 32.8 Å². The highest BCUT2D eigenvalue weighted by Crippen LogP contribution is 2.37. The van der Waals surface area contributed by atoms with Crippen molar-refractivity contribution in [3.05, 3.63) is 35.4 Å². The lowest BCUT2D eigenvalue weighted by Gasteiger charge is -2.08. The van der Waals surface area contributed by atoms with Crippen LogP contribution in [0.4, 0.5) is 0 Å². The number of hydrogen-bond donors (Lipinski definition) is 1. The first-order chi connectivity index (χ1) is 7.72. The Morgan fingerprint density at radius 1 is 1.31 bits per heavy atom. The molecule has 16 heavy (non-hydrogen) atoms. The lowest BCUT2D eigenvalue weighted by atomic mass is 10.0. The fourth-order valence-corrected chi connectivity index (χ4v) is 2.03. The number of ether oxygens (including phenoxy) is 1. The molecule has 0 saturated carbocycles. The van der Waals surface area contributed by atoms with Crippen LogP contribution in [-0.4, -0.2) is 17.3 Å². The van der Waals surface area contributed by atoms with Crippen LogP contribution in [0.25, 0.3) is 0 Å². The second-order valence-electron chi connectivity index (χ2n) is 4.64. The van der Waals surface area contributed by atoms with Crippen LogP contribution in [0.15, 0.2) is 24.3 Å². The zero-order valence-corrected chi connectivity index (χ0v) is 10.0. The summed E-state index contributed by atoms with van der Waals surface area (Å²) in [6.07, 6.45) is 3.28. The van der Waals surface area contributed by atoms with Crippen LogP contribution >= 0.6 is 0 Å². The van der Waals surface area contributed by atoms with E-state index >= 15 is 0 Å². The van der Waals surface area contributed by atoms with Crippen molar-refractivity contribution in [3.8, 4) is 0 Å². The van der Waals surface area contributed by atoms with Crippen LogP contribution in [0.2, 0.25) is 0 Å². The van der Waals surface area contributed by atoms with Gasteiger partial charge in [0.25, 0.3) is 0 Å². The van der Waals surface area contributed by atoms with Crippen molar-refractivity contribution in [3.63, 3.8) is 0 Å². The summed E-state index contributed by atoms with van der Waals surface area (Å²) in [6, 6.07) is 8.03. The molecule has 1 fully saturated rings. The van der Waals surface area contributed by atoms with Crippen molar-refractivity contribution in [1.82, 2.24) is 0 Å². The van der Waals surface area contributed by atoms with E-state index in [2.05, 4.69) is 6.92 Å². The number of aliphatic hydroxyl groups excluding tert-OH is 1. The second kappa shape index (κ2) is 4.98. The molecule has 1 heterocycles. The molecule has 1 N–H and O–H groups in total. The van der Waals surface area contributed by atoms with Crippen LogP contribution in [0.5, 0.6) is 0 Å². The van der Waals surface area contributed by atoms with E-state index < -0.39 is 6.10 Å². The van der Waals surface area contributed by atoms with E-state index in [1.54, 1.807) is 0 Å². The van der Waals surface area contributed by atoms with E-state index in [0.717, 1.165) is 12.0 Å². The van der Waals surface area contributed by atoms with Crippen LogP contribution in [0.1, 0.15) is 43.4 Å². The molecule has 2 heteroatoms. The maximum Gasteiger partial charge on any atom is 0.114 e. The molecule has 2 nitrogen and oxygen atoms in total. The minimum absolute atomic E-state index is 0.0225. The SMILES string of the molecule is CCCCC1OC1[C@H](O)c1ccc(C)cc1. The van der Waals surface area contributed by atoms with Gasteiger partial charge in [-0.25, -0.2) is 0 Å². The van der Waals surface area contributed by atoms with Crippen molar-refractivity contribution in [2.75, 3.05) is 0 Å². The second-order valence-corrected chi connectivity index (χ2v) is 4.64. The van der Waals surface area contributed by atoms with Crippen LogP contribution in [0.3, 0.4) is 0 Å². The summed E-state index contributed by atoms with van der Waals surface area (Å²) in [7, 11) is 0. The molecular formula is C14H20O2. The normalized spacial score (nSPS) is 25.4. The number of hydrogen-bond acceptors (Lipinski definition) is 2. The van der Waals surface area contributed by atoms with Crippen molar-refractivity contribution in [2.24, 2.45) is 0 Å². The zero-order chi connectivity index (χ0) is 11.5. The summed E-state index contributed by atoms with van der Waals surface area (Å²) in [4.78, 5) is 0. The number of aliphatic hydroxyl groups is 1. The molecule has 2 rings (SSSR count). The van der Waals surface area contributed by atoms with E-state index in [0.29, 0.717) is 0 Å². The standard InChI is InChI=1S/C14H20O2/c1-3-4-5-12-14(16-12)13(15)11-8-6-10(2)7-9-11/h6-9,12-15H,3-5H2,1-2H3/t12?,13-,14?/m1/s1. The fourth-order valence-electron chi connectivity index (χ4n) is 2.03. The van der Waals surface area contributed by atoms with E-state index in [9.17, 15) is 5.11 Å². The van der Waals surface area contributed by atoms with Crippen molar-refractivity contribution >= 4 is 0 Å². The average molecular weight is 220 g/mol. The summed E-state index contributed by atoms with van der Waals surface area (Å²) >= 11 is 0. The molecule has 0 amide bonds. The van der Waals surface area contributed by atoms with E-state index in [1.807, 2.05) is 31.2 Å². The molecule has 1 saturated heterocycles. The predicted octanol–water partition coefficient (Wildman–Crippen LogP) is 2.99. The van der Waals surface area contributed by atoms with E-state index in [1.165, 1.54) is 18.4 Å². The third-order valence-electron chi connectivity index (χ3n) is 3.19. The van der Waals surface area contributed by atoms with Gasteiger partial charge in [-0.1, -0.05) is 49.6 Å². The summed E-state index contributed by atoms with van der Waals surface area (Å²) in [5.74, 6) is 0. The molecule has 1 aromatic carbocycles. The summed E-state index contributed by atoms with van der Waals surface area (Å²) in [5.41, 5.74) is 2.18. The zero-order valence-electron chi connectivity index (χ0n) is 10.0. The van der Waals surface area contributed by atoms with Gasteiger partial charge in [0.2, 0.25) is 0 Å². The van der Waals surface area contributed by atoms with Crippen molar-refractivity contribution in [1.29, 1.82) is 0 Å². The molecule has 1 aliphatic heterocycles. The predicted molar refractivity (Wildman–Crippen MR) is 64.3 cm³/mol. The van der Waals surface area contributed by atoms with Gasteiger partial charge in [-0.15, -0.1) is 0 Å². The molecule has 0 spiro atoms. The first-order valence-corrected chi connectivity index (χ1v) is 6.12. The van der Waals surface area contributed by atoms with Gasteiger partial charge in [0, 0.05) is 0 Å². The van der Waals surface area contributed by atoms with Crippen LogP contribution in [-0.2, 0) is 4.74 Å². The number of aryl methyl sites for hydroxylation is 1. The highest BCUT2D eigenvalue weighted by Gasteiger charge is 2.43. The Morgan fingerprint density at radius 3 is 2.62 bits per heavy atom. The minimum atomic E-state index is -0.456. The first-order valence-electron chi connectivity index (χ1n) is 6.12. The highest BCUT2D eigenvalue weighted by molar-refractivity contribution is 5.25. The summed E-state index contributed by atoms with van der Waals surface area (Å²) in [6.45, 7) is 4.22. The van der Waals surface area contributed by atoms with Crippen molar-refractivity contribution in [2.45, 2.75) is 51.4 Å². The smallest absolute Gasteiger partial charge is 0.114 e. The molecular weight excluding hydrogens is 200 g/mol. The van der Waals surface area contributed by atoms with Crippen LogP contribution in [0, 0.1) is 6.92 Å². The number of unbranched alkanes of at least 4 members (excludes halogenated alkanes) is 1. The Bertz CT molecular complexity index is 331. The minimum Gasteiger partial charge on any atom is -0.386 e. The number of epoxide rings is 1. The quantitative estimate of drug-likeness (QED) is 0.774. The fraction of sp³-hybridized carbons (Fsp3) is 0.571. The third kappa shape index (κ3) is 2.63. The Labute approximate surface area is 97.3 Å². The average Bonchev–Trinajstić information content (AvgIpc) is 3.06.